The molecule has 2 rings (SSSR count). The first-order valence-electron chi connectivity index (χ1n) is 7.80. The van der Waals surface area contributed by atoms with E-state index in [2.05, 4.69) is 5.32 Å². The van der Waals surface area contributed by atoms with Crippen molar-refractivity contribution in [1.82, 2.24) is 0 Å². The van der Waals surface area contributed by atoms with Crippen LogP contribution in [0.2, 0.25) is 0 Å². The minimum atomic E-state index is -3.83. The van der Waals surface area contributed by atoms with E-state index in [1.807, 2.05) is 32.0 Å². The summed E-state index contributed by atoms with van der Waals surface area (Å²) in [6.45, 7) is 5.78. The van der Waals surface area contributed by atoms with E-state index in [9.17, 15) is 13.2 Å². The minimum Gasteiger partial charge on any atom is -0.493 e. The van der Waals surface area contributed by atoms with Gasteiger partial charge in [-0.1, -0.05) is 18.2 Å². The van der Waals surface area contributed by atoms with Gasteiger partial charge in [0.2, 0.25) is 15.9 Å². The first-order valence-corrected chi connectivity index (χ1v) is 9.35. The Kier molecular flexibility index (Phi) is 5.81. The Morgan fingerprint density at radius 2 is 1.76 bits per heavy atom. The Morgan fingerprint density at radius 1 is 1.08 bits per heavy atom. The van der Waals surface area contributed by atoms with Crippen LogP contribution >= 0.6 is 0 Å². The second kappa shape index (κ2) is 7.67. The van der Waals surface area contributed by atoms with Crippen molar-refractivity contribution in [3.05, 3.63) is 53.1 Å². The second-order valence-electron chi connectivity index (χ2n) is 5.94. The number of ether oxygens (including phenoxy) is 1. The predicted molar refractivity (Wildman–Crippen MR) is 97.2 cm³/mol. The van der Waals surface area contributed by atoms with E-state index in [1.54, 1.807) is 19.1 Å². The zero-order valence-corrected chi connectivity index (χ0v) is 15.3. The largest absolute Gasteiger partial charge is 0.493 e. The molecule has 134 valence electrons. The predicted octanol–water partition coefficient (Wildman–Crippen LogP) is 2.67. The Balaban J connectivity index is 1.96. The highest BCUT2D eigenvalue weighted by molar-refractivity contribution is 7.89. The van der Waals surface area contributed by atoms with Crippen molar-refractivity contribution in [2.75, 3.05) is 11.9 Å². The lowest BCUT2D eigenvalue weighted by atomic mass is 10.1. The summed E-state index contributed by atoms with van der Waals surface area (Å²) >= 11 is 0. The number of sulfonamides is 1. The van der Waals surface area contributed by atoms with Crippen LogP contribution in [0, 0.1) is 20.8 Å². The number of amides is 1. The number of carbonyl (C=O) groups is 1. The number of hydrogen-bond acceptors (Lipinski definition) is 4. The van der Waals surface area contributed by atoms with Gasteiger partial charge in [0.15, 0.2) is 0 Å². The van der Waals surface area contributed by atoms with Crippen LogP contribution in [0.4, 0.5) is 5.69 Å². The molecule has 6 nitrogen and oxygen atoms in total. The first kappa shape index (κ1) is 19.0. The summed E-state index contributed by atoms with van der Waals surface area (Å²) in [5.41, 5.74) is 2.99. The molecule has 2 aromatic carbocycles. The van der Waals surface area contributed by atoms with Crippen LogP contribution in [-0.2, 0) is 14.8 Å². The highest BCUT2D eigenvalue weighted by atomic mass is 32.2. The Labute approximate surface area is 148 Å². The standard InChI is InChI=1S/C18H22N2O4S/c1-12-4-5-13(2)16(10-12)24-9-8-18(21)20-15-7-6-14(3)17(11-15)25(19,22)23/h4-7,10-11H,8-9H2,1-3H3,(H,20,21)(H2,19,22,23). The van der Waals surface area contributed by atoms with Crippen LogP contribution in [0.5, 0.6) is 5.75 Å². The van der Waals surface area contributed by atoms with Gasteiger partial charge < -0.3 is 10.1 Å². The molecule has 7 heteroatoms. The maximum Gasteiger partial charge on any atom is 0.238 e. The van der Waals surface area contributed by atoms with E-state index in [-0.39, 0.29) is 23.8 Å². The Bertz CT molecular complexity index is 892. The lowest BCUT2D eigenvalue weighted by molar-refractivity contribution is -0.116. The third kappa shape index (κ3) is 5.30. The van der Waals surface area contributed by atoms with Gasteiger partial charge in [0.1, 0.15) is 5.75 Å². The second-order valence-corrected chi connectivity index (χ2v) is 7.47. The monoisotopic (exact) mass is 362 g/mol. The van der Waals surface area contributed by atoms with E-state index >= 15 is 0 Å². The van der Waals surface area contributed by atoms with Crippen molar-refractivity contribution in [2.45, 2.75) is 32.1 Å². The molecule has 2 aromatic rings. The number of benzene rings is 2. The van der Waals surface area contributed by atoms with Gasteiger partial charge in [0, 0.05) is 5.69 Å². The van der Waals surface area contributed by atoms with Crippen molar-refractivity contribution in [3.63, 3.8) is 0 Å². The maximum atomic E-state index is 12.0. The van der Waals surface area contributed by atoms with Crippen LogP contribution in [0.15, 0.2) is 41.3 Å². The molecule has 0 aliphatic rings. The van der Waals surface area contributed by atoms with Gasteiger partial charge in [0.25, 0.3) is 0 Å². The summed E-state index contributed by atoms with van der Waals surface area (Å²) in [6.07, 6.45) is 0.145. The third-order valence-corrected chi connectivity index (χ3v) is 4.76. The number of rotatable bonds is 6. The fraction of sp³-hybridized carbons (Fsp3) is 0.278. The normalized spacial score (nSPS) is 11.2. The number of primary sulfonamides is 1. The Hall–Kier alpha value is -2.38. The molecule has 1 amide bonds. The SMILES string of the molecule is Cc1ccc(C)c(OCCC(=O)Nc2ccc(C)c(S(N)(=O)=O)c2)c1. The number of aryl methyl sites for hydroxylation is 3. The molecule has 0 atom stereocenters. The molecule has 0 fully saturated rings. The number of nitrogens with two attached hydrogens (primary N) is 1. The highest BCUT2D eigenvalue weighted by Crippen LogP contribution is 2.20. The molecule has 0 bridgehead atoms. The molecule has 0 unspecified atom stereocenters. The van der Waals surface area contributed by atoms with Crippen molar-refractivity contribution < 1.29 is 17.9 Å². The molecule has 0 saturated heterocycles. The third-order valence-electron chi connectivity index (χ3n) is 3.71. The summed E-state index contributed by atoms with van der Waals surface area (Å²) in [6, 6.07) is 10.5. The van der Waals surface area contributed by atoms with Crippen molar-refractivity contribution >= 4 is 21.6 Å². The molecule has 0 aliphatic heterocycles. The molecular weight excluding hydrogens is 340 g/mol. The molecule has 0 aliphatic carbocycles. The van der Waals surface area contributed by atoms with E-state index in [0.29, 0.717) is 11.3 Å². The number of hydrogen-bond donors (Lipinski definition) is 2. The summed E-state index contributed by atoms with van der Waals surface area (Å²) in [5, 5.41) is 7.82. The summed E-state index contributed by atoms with van der Waals surface area (Å²) in [7, 11) is -3.83. The fourth-order valence-corrected chi connectivity index (χ4v) is 3.13. The smallest absolute Gasteiger partial charge is 0.238 e. The highest BCUT2D eigenvalue weighted by Gasteiger charge is 2.13. The van der Waals surface area contributed by atoms with E-state index in [4.69, 9.17) is 9.88 Å². The van der Waals surface area contributed by atoms with Crippen molar-refractivity contribution in [2.24, 2.45) is 5.14 Å². The number of carbonyl (C=O) groups excluding carboxylic acids is 1. The van der Waals surface area contributed by atoms with Gasteiger partial charge in [-0.25, -0.2) is 13.6 Å². The quantitative estimate of drug-likeness (QED) is 0.825. The molecule has 0 saturated carbocycles. The average molecular weight is 362 g/mol. The van der Waals surface area contributed by atoms with E-state index < -0.39 is 10.0 Å². The van der Waals surface area contributed by atoms with Gasteiger partial charge in [-0.2, -0.15) is 0 Å². The minimum absolute atomic E-state index is 0.00284. The van der Waals surface area contributed by atoms with Gasteiger partial charge in [0.05, 0.1) is 17.9 Å². The molecule has 0 aromatic heterocycles. The summed E-state index contributed by atoms with van der Waals surface area (Å²) in [4.78, 5) is 12.0. The van der Waals surface area contributed by atoms with Gasteiger partial charge in [-0.15, -0.1) is 0 Å². The van der Waals surface area contributed by atoms with Crippen LogP contribution in [0.25, 0.3) is 0 Å². The van der Waals surface area contributed by atoms with E-state index in [0.717, 1.165) is 16.9 Å². The molecule has 0 heterocycles. The molecular formula is C18H22N2O4S. The van der Waals surface area contributed by atoms with Gasteiger partial charge in [-0.05, 0) is 55.7 Å². The molecule has 0 spiro atoms. The first-order chi connectivity index (χ1) is 11.7. The molecule has 25 heavy (non-hydrogen) atoms. The lowest BCUT2D eigenvalue weighted by Gasteiger charge is -2.11. The maximum absolute atomic E-state index is 12.0. The van der Waals surface area contributed by atoms with Crippen LogP contribution in [-0.4, -0.2) is 20.9 Å². The summed E-state index contributed by atoms with van der Waals surface area (Å²) < 4.78 is 28.7. The average Bonchev–Trinajstić information content (AvgIpc) is 2.51. The van der Waals surface area contributed by atoms with Gasteiger partial charge >= 0.3 is 0 Å². The summed E-state index contributed by atoms with van der Waals surface area (Å²) in [5.74, 6) is 0.481. The Morgan fingerprint density at radius 3 is 2.44 bits per heavy atom. The lowest BCUT2D eigenvalue weighted by Crippen LogP contribution is -2.17. The topological polar surface area (TPSA) is 98.5 Å². The van der Waals surface area contributed by atoms with Gasteiger partial charge in [-0.3, -0.25) is 4.79 Å². The van der Waals surface area contributed by atoms with E-state index in [1.165, 1.54) is 6.07 Å². The van der Waals surface area contributed by atoms with Crippen LogP contribution in [0.1, 0.15) is 23.1 Å². The van der Waals surface area contributed by atoms with Crippen molar-refractivity contribution in [1.29, 1.82) is 0 Å². The molecule has 3 N–H and O–H groups in total. The van der Waals surface area contributed by atoms with Crippen LogP contribution in [0.3, 0.4) is 0 Å². The van der Waals surface area contributed by atoms with Crippen LogP contribution < -0.4 is 15.2 Å². The molecule has 0 radical (unpaired) electrons. The zero-order chi connectivity index (χ0) is 18.6. The zero-order valence-electron chi connectivity index (χ0n) is 14.5. The fourth-order valence-electron chi connectivity index (χ4n) is 2.32. The van der Waals surface area contributed by atoms with Crippen molar-refractivity contribution in [3.8, 4) is 5.75 Å². The number of anilines is 1. The number of nitrogens with one attached hydrogen (secondary N) is 1.